The van der Waals surface area contributed by atoms with Gasteiger partial charge in [-0.25, -0.2) is 9.67 Å². The zero-order chi connectivity index (χ0) is 20.9. The van der Waals surface area contributed by atoms with Gasteiger partial charge in [0.25, 0.3) is 0 Å². The number of amides is 2. The number of anilines is 2. The third-order valence-electron chi connectivity index (χ3n) is 4.46. The first-order valence-electron chi connectivity index (χ1n) is 9.22. The maximum Gasteiger partial charge on any atom is 0.249 e. The zero-order valence-electron chi connectivity index (χ0n) is 16.1. The van der Waals surface area contributed by atoms with Gasteiger partial charge in [-0.15, -0.1) is 0 Å². The van der Waals surface area contributed by atoms with Crippen LogP contribution in [-0.4, -0.2) is 33.4 Å². The van der Waals surface area contributed by atoms with Crippen molar-refractivity contribution >= 4 is 29.3 Å². The Balaban J connectivity index is 1.31. The van der Waals surface area contributed by atoms with Crippen molar-refractivity contribution in [3.63, 3.8) is 0 Å². The Kier molecular flexibility index (Phi) is 5.42. The van der Waals surface area contributed by atoms with E-state index < -0.39 is 6.04 Å². The molecule has 0 aliphatic carbocycles. The molecule has 0 spiro atoms. The fraction of sp³-hybridized carbons (Fsp3) is 0.143. The van der Waals surface area contributed by atoms with Crippen LogP contribution in [0.5, 0.6) is 11.5 Å². The summed E-state index contributed by atoms with van der Waals surface area (Å²) in [4.78, 5) is 28.3. The highest BCUT2D eigenvalue weighted by Gasteiger charge is 2.15. The Labute approximate surface area is 172 Å². The van der Waals surface area contributed by atoms with Crippen molar-refractivity contribution < 1.29 is 19.1 Å². The first kappa shape index (κ1) is 19.2. The highest BCUT2D eigenvalue weighted by Crippen LogP contribution is 2.32. The molecule has 1 aromatic heterocycles. The first-order valence-corrected chi connectivity index (χ1v) is 9.22. The number of benzene rings is 2. The van der Waals surface area contributed by atoms with Gasteiger partial charge < -0.3 is 20.1 Å². The van der Waals surface area contributed by atoms with Gasteiger partial charge in [0.05, 0.1) is 0 Å². The summed E-state index contributed by atoms with van der Waals surface area (Å²) >= 11 is 0. The SMILES string of the molecule is CC(C(=O)Nc1ccc(NC(=O)/C=C/c2ccc3c(c2)OCO3)cc1)n1cncn1. The van der Waals surface area contributed by atoms with E-state index in [1.54, 1.807) is 43.3 Å². The number of carbonyl (C=O) groups excluding carboxylic acids is 2. The van der Waals surface area contributed by atoms with E-state index in [1.165, 1.54) is 23.4 Å². The first-order chi connectivity index (χ1) is 14.6. The zero-order valence-corrected chi connectivity index (χ0v) is 16.1. The molecule has 0 radical (unpaired) electrons. The highest BCUT2D eigenvalue weighted by atomic mass is 16.7. The van der Waals surface area contributed by atoms with E-state index in [-0.39, 0.29) is 18.6 Å². The van der Waals surface area contributed by atoms with Crippen molar-refractivity contribution in [1.29, 1.82) is 0 Å². The Morgan fingerprint density at radius 3 is 2.53 bits per heavy atom. The number of aromatic nitrogens is 3. The lowest BCUT2D eigenvalue weighted by Gasteiger charge is -2.12. The van der Waals surface area contributed by atoms with Crippen LogP contribution in [0.25, 0.3) is 6.08 Å². The van der Waals surface area contributed by atoms with Crippen LogP contribution in [-0.2, 0) is 9.59 Å². The van der Waals surface area contributed by atoms with Gasteiger partial charge in [-0.2, -0.15) is 5.10 Å². The van der Waals surface area contributed by atoms with E-state index in [0.29, 0.717) is 22.9 Å². The van der Waals surface area contributed by atoms with Crippen molar-refractivity contribution in [2.75, 3.05) is 17.4 Å². The Morgan fingerprint density at radius 1 is 1.07 bits per heavy atom. The number of hydrogen-bond donors (Lipinski definition) is 2. The summed E-state index contributed by atoms with van der Waals surface area (Å²) in [6.07, 6.45) is 5.99. The van der Waals surface area contributed by atoms with Crippen LogP contribution in [0.3, 0.4) is 0 Å². The van der Waals surface area contributed by atoms with Gasteiger partial charge in [-0.1, -0.05) is 6.07 Å². The Hall–Kier alpha value is -4.14. The normalized spacial score (nSPS) is 13.2. The van der Waals surface area contributed by atoms with Crippen molar-refractivity contribution in [1.82, 2.24) is 14.8 Å². The fourth-order valence-corrected chi connectivity index (χ4v) is 2.79. The van der Waals surface area contributed by atoms with Crippen molar-refractivity contribution in [2.45, 2.75) is 13.0 Å². The number of ether oxygens (including phenoxy) is 2. The van der Waals surface area contributed by atoms with Crippen LogP contribution < -0.4 is 20.1 Å². The van der Waals surface area contributed by atoms with E-state index in [9.17, 15) is 9.59 Å². The molecule has 2 amide bonds. The smallest absolute Gasteiger partial charge is 0.249 e. The Bertz CT molecular complexity index is 1080. The van der Waals surface area contributed by atoms with Gasteiger partial charge in [0.1, 0.15) is 18.7 Å². The Morgan fingerprint density at radius 2 is 1.80 bits per heavy atom. The molecule has 9 heteroatoms. The molecule has 30 heavy (non-hydrogen) atoms. The van der Waals surface area contributed by atoms with Crippen LogP contribution >= 0.6 is 0 Å². The number of fused-ring (bicyclic) bond motifs is 1. The number of nitrogens with zero attached hydrogens (tertiary/aromatic N) is 3. The van der Waals surface area contributed by atoms with Gasteiger partial charge >= 0.3 is 0 Å². The highest BCUT2D eigenvalue weighted by molar-refractivity contribution is 6.02. The molecule has 0 saturated heterocycles. The quantitative estimate of drug-likeness (QED) is 0.611. The minimum atomic E-state index is -0.492. The average Bonchev–Trinajstić information content (AvgIpc) is 3.44. The van der Waals surface area contributed by atoms with Crippen LogP contribution in [0.15, 0.2) is 61.2 Å². The second kappa shape index (κ2) is 8.48. The van der Waals surface area contributed by atoms with Gasteiger partial charge in [0.15, 0.2) is 11.5 Å². The summed E-state index contributed by atoms with van der Waals surface area (Å²) in [5, 5.41) is 9.53. The minimum Gasteiger partial charge on any atom is -0.454 e. The molecule has 0 saturated carbocycles. The number of rotatable bonds is 6. The van der Waals surface area contributed by atoms with E-state index in [1.807, 2.05) is 12.1 Å². The maximum absolute atomic E-state index is 12.3. The number of nitrogens with one attached hydrogen (secondary N) is 2. The predicted octanol–water partition coefficient (Wildman–Crippen LogP) is 2.86. The van der Waals surface area contributed by atoms with Gasteiger partial charge in [-0.3, -0.25) is 9.59 Å². The fourth-order valence-electron chi connectivity index (χ4n) is 2.79. The lowest BCUT2D eigenvalue weighted by atomic mass is 10.2. The molecular weight excluding hydrogens is 386 g/mol. The summed E-state index contributed by atoms with van der Waals surface area (Å²) in [6.45, 7) is 1.93. The van der Waals surface area contributed by atoms with Gasteiger partial charge in [-0.05, 0) is 55.0 Å². The molecule has 4 rings (SSSR count). The molecule has 2 N–H and O–H groups in total. The summed E-state index contributed by atoms with van der Waals surface area (Å²) < 4.78 is 12.1. The van der Waals surface area contributed by atoms with Crippen molar-refractivity contribution in [3.8, 4) is 11.5 Å². The molecule has 2 heterocycles. The number of hydrogen-bond acceptors (Lipinski definition) is 6. The molecule has 1 atom stereocenters. The summed E-state index contributed by atoms with van der Waals surface area (Å²) in [7, 11) is 0. The predicted molar refractivity (Wildman–Crippen MR) is 110 cm³/mol. The molecule has 3 aromatic rings. The topological polar surface area (TPSA) is 107 Å². The maximum atomic E-state index is 12.3. The van der Waals surface area contributed by atoms with Crippen LogP contribution in [0, 0.1) is 0 Å². The molecular formula is C21H19N5O4. The van der Waals surface area contributed by atoms with Gasteiger partial charge in [0, 0.05) is 17.5 Å². The monoisotopic (exact) mass is 405 g/mol. The molecule has 1 aliphatic rings. The largest absolute Gasteiger partial charge is 0.454 e. The van der Waals surface area contributed by atoms with E-state index in [4.69, 9.17) is 9.47 Å². The molecule has 152 valence electrons. The molecule has 9 nitrogen and oxygen atoms in total. The van der Waals surface area contributed by atoms with E-state index in [0.717, 1.165) is 5.56 Å². The van der Waals surface area contributed by atoms with Crippen LogP contribution in [0.1, 0.15) is 18.5 Å². The molecule has 1 unspecified atom stereocenters. The van der Waals surface area contributed by atoms with Crippen LogP contribution in [0.4, 0.5) is 11.4 Å². The molecule has 1 aliphatic heterocycles. The molecule has 0 bridgehead atoms. The number of carbonyl (C=O) groups is 2. The third kappa shape index (κ3) is 4.46. The lowest BCUT2D eigenvalue weighted by Crippen LogP contribution is -2.24. The summed E-state index contributed by atoms with van der Waals surface area (Å²) in [5.41, 5.74) is 2.05. The average molecular weight is 405 g/mol. The third-order valence-corrected chi connectivity index (χ3v) is 4.46. The summed E-state index contributed by atoms with van der Waals surface area (Å²) in [5.74, 6) is 0.862. The van der Waals surface area contributed by atoms with E-state index >= 15 is 0 Å². The van der Waals surface area contributed by atoms with Crippen LogP contribution in [0.2, 0.25) is 0 Å². The molecule has 0 fully saturated rings. The van der Waals surface area contributed by atoms with Gasteiger partial charge in [0.2, 0.25) is 18.6 Å². The van der Waals surface area contributed by atoms with E-state index in [2.05, 4.69) is 20.7 Å². The van der Waals surface area contributed by atoms with Crippen molar-refractivity contribution in [3.05, 3.63) is 66.8 Å². The lowest BCUT2D eigenvalue weighted by molar-refractivity contribution is -0.119. The minimum absolute atomic E-state index is 0.207. The summed E-state index contributed by atoms with van der Waals surface area (Å²) in [6, 6.07) is 11.8. The van der Waals surface area contributed by atoms with Crippen molar-refractivity contribution in [2.24, 2.45) is 0 Å². The standard InChI is InChI=1S/C21H19N5O4/c1-14(26-12-22-11-23-26)21(28)25-17-6-4-16(5-7-17)24-20(27)9-3-15-2-8-18-19(10-15)30-13-29-18/h2-12,14H,13H2,1H3,(H,24,27)(H,25,28)/b9-3+. The molecule has 2 aromatic carbocycles. The second-order valence-corrected chi connectivity index (χ2v) is 6.55. The second-order valence-electron chi connectivity index (χ2n) is 6.55.